The van der Waals surface area contributed by atoms with Crippen LogP contribution in [0.15, 0.2) is 22.7 Å². The van der Waals surface area contributed by atoms with E-state index in [4.69, 9.17) is 0 Å². The minimum absolute atomic E-state index is 0.220. The van der Waals surface area contributed by atoms with Crippen LogP contribution >= 0.6 is 15.9 Å². The minimum Gasteiger partial charge on any atom is -0.389 e. The lowest BCUT2D eigenvalue weighted by Crippen LogP contribution is -2.47. The number of hydrogen-bond acceptors (Lipinski definition) is 1. The van der Waals surface area contributed by atoms with Crippen molar-refractivity contribution < 1.29 is 9.50 Å². The topological polar surface area (TPSA) is 20.2 Å². The molecule has 0 aromatic heterocycles. The Morgan fingerprint density at radius 3 is 2.75 bits per heavy atom. The van der Waals surface area contributed by atoms with Crippen LogP contribution in [0, 0.1) is 23.6 Å². The molecule has 0 spiro atoms. The molecule has 1 fully saturated rings. The number of hydrogen-bond donors (Lipinski definition) is 1. The van der Waals surface area contributed by atoms with Gasteiger partial charge in [0.05, 0.1) is 5.60 Å². The van der Waals surface area contributed by atoms with Crippen LogP contribution in [0.25, 0.3) is 0 Å². The number of rotatable bonds is 3. The third-order valence-electron chi connectivity index (χ3n) is 4.67. The molecule has 0 radical (unpaired) electrons. The lowest BCUT2D eigenvalue weighted by atomic mass is 9.65. The van der Waals surface area contributed by atoms with Crippen molar-refractivity contribution in [1.82, 2.24) is 0 Å². The van der Waals surface area contributed by atoms with Crippen molar-refractivity contribution in [2.24, 2.45) is 17.8 Å². The molecule has 112 valence electrons. The van der Waals surface area contributed by atoms with Crippen LogP contribution in [0.5, 0.6) is 0 Å². The first-order valence-electron chi connectivity index (χ1n) is 7.48. The highest BCUT2D eigenvalue weighted by Gasteiger charge is 2.43. The molecule has 1 aromatic rings. The fraction of sp³-hybridized carbons (Fsp3) is 0.647. The van der Waals surface area contributed by atoms with Crippen LogP contribution in [0.1, 0.15) is 45.6 Å². The highest BCUT2D eigenvalue weighted by atomic mass is 79.9. The second-order valence-corrected chi connectivity index (χ2v) is 7.67. The third kappa shape index (κ3) is 3.43. The van der Waals surface area contributed by atoms with Crippen molar-refractivity contribution in [3.05, 3.63) is 34.1 Å². The second kappa shape index (κ2) is 6.15. The smallest absolute Gasteiger partial charge is 0.126 e. The molecule has 3 heteroatoms. The summed E-state index contributed by atoms with van der Waals surface area (Å²) in [5.41, 5.74) is -0.172. The van der Waals surface area contributed by atoms with Gasteiger partial charge in [-0.2, -0.15) is 0 Å². The number of benzene rings is 1. The summed E-state index contributed by atoms with van der Waals surface area (Å²) < 4.78 is 14.9. The maximum atomic E-state index is 14.0. The van der Waals surface area contributed by atoms with E-state index in [-0.39, 0.29) is 11.7 Å². The standard InChI is InChI=1S/C17H24BrFO/c1-11(2)15-6-4-12(3)9-17(15,20)10-13-8-14(18)5-7-16(13)19/h5,7-8,11-12,15,20H,4,6,9-10H2,1-3H3. The summed E-state index contributed by atoms with van der Waals surface area (Å²) in [5.74, 6) is 0.951. The molecule has 1 aromatic carbocycles. The fourth-order valence-electron chi connectivity index (χ4n) is 3.76. The Balaban J connectivity index is 2.28. The van der Waals surface area contributed by atoms with Gasteiger partial charge in [-0.05, 0) is 54.4 Å². The van der Waals surface area contributed by atoms with Gasteiger partial charge < -0.3 is 5.11 Å². The molecule has 3 atom stereocenters. The monoisotopic (exact) mass is 342 g/mol. The van der Waals surface area contributed by atoms with Crippen molar-refractivity contribution in [3.8, 4) is 0 Å². The van der Waals surface area contributed by atoms with E-state index < -0.39 is 5.60 Å². The highest BCUT2D eigenvalue weighted by molar-refractivity contribution is 9.10. The molecular weight excluding hydrogens is 319 g/mol. The first kappa shape index (κ1) is 16.0. The normalized spacial score (nSPS) is 30.8. The zero-order chi connectivity index (χ0) is 14.9. The number of halogens is 2. The Morgan fingerprint density at radius 2 is 2.10 bits per heavy atom. The van der Waals surface area contributed by atoms with Crippen LogP contribution in [0.2, 0.25) is 0 Å². The molecule has 20 heavy (non-hydrogen) atoms. The van der Waals surface area contributed by atoms with Gasteiger partial charge in [-0.3, -0.25) is 0 Å². The maximum Gasteiger partial charge on any atom is 0.126 e. The van der Waals surface area contributed by atoms with Crippen molar-refractivity contribution in [3.63, 3.8) is 0 Å². The van der Waals surface area contributed by atoms with Crippen molar-refractivity contribution >= 4 is 15.9 Å². The molecule has 0 heterocycles. The predicted octanol–water partition coefficient (Wildman–Crippen LogP) is 4.95. The first-order valence-corrected chi connectivity index (χ1v) is 8.27. The van der Waals surface area contributed by atoms with Gasteiger partial charge in [0.25, 0.3) is 0 Å². The molecule has 0 amide bonds. The van der Waals surface area contributed by atoms with Crippen LogP contribution in [0.4, 0.5) is 4.39 Å². The Morgan fingerprint density at radius 1 is 1.40 bits per heavy atom. The Hall–Kier alpha value is -0.410. The molecule has 1 N–H and O–H groups in total. The van der Waals surface area contributed by atoms with Gasteiger partial charge in [0, 0.05) is 10.9 Å². The summed E-state index contributed by atoms with van der Waals surface area (Å²) in [5, 5.41) is 11.2. The average molecular weight is 343 g/mol. The van der Waals surface area contributed by atoms with E-state index in [0.717, 1.165) is 23.7 Å². The van der Waals surface area contributed by atoms with E-state index >= 15 is 0 Å². The van der Waals surface area contributed by atoms with Gasteiger partial charge in [-0.25, -0.2) is 4.39 Å². The number of aliphatic hydroxyl groups is 1. The Kier molecular flexibility index (Phi) is 4.91. The van der Waals surface area contributed by atoms with Crippen molar-refractivity contribution in [2.75, 3.05) is 0 Å². The van der Waals surface area contributed by atoms with E-state index in [9.17, 15) is 9.50 Å². The minimum atomic E-state index is -0.784. The fourth-order valence-corrected chi connectivity index (χ4v) is 4.16. The van der Waals surface area contributed by atoms with E-state index in [1.807, 2.05) is 0 Å². The zero-order valence-electron chi connectivity index (χ0n) is 12.5. The summed E-state index contributed by atoms with van der Waals surface area (Å²) in [7, 11) is 0. The van der Waals surface area contributed by atoms with Gasteiger partial charge in [0.15, 0.2) is 0 Å². The molecule has 1 saturated carbocycles. The largest absolute Gasteiger partial charge is 0.389 e. The summed E-state index contributed by atoms with van der Waals surface area (Å²) in [6, 6.07) is 4.97. The molecule has 0 bridgehead atoms. The third-order valence-corrected chi connectivity index (χ3v) is 5.16. The maximum absolute atomic E-state index is 14.0. The van der Waals surface area contributed by atoms with Gasteiger partial charge in [0.2, 0.25) is 0 Å². The first-order chi connectivity index (χ1) is 9.32. The predicted molar refractivity (Wildman–Crippen MR) is 84.1 cm³/mol. The van der Waals surface area contributed by atoms with Gasteiger partial charge in [-0.1, -0.05) is 43.1 Å². The van der Waals surface area contributed by atoms with Gasteiger partial charge >= 0.3 is 0 Å². The summed E-state index contributed by atoms with van der Waals surface area (Å²) >= 11 is 3.39. The Labute approximate surface area is 129 Å². The SMILES string of the molecule is CC1CCC(C(C)C)C(O)(Cc2cc(Br)ccc2F)C1. The summed E-state index contributed by atoms with van der Waals surface area (Å²) in [4.78, 5) is 0. The van der Waals surface area contributed by atoms with E-state index in [1.165, 1.54) is 6.07 Å². The second-order valence-electron chi connectivity index (χ2n) is 6.75. The highest BCUT2D eigenvalue weighted by Crippen LogP contribution is 2.43. The van der Waals surface area contributed by atoms with E-state index in [1.54, 1.807) is 12.1 Å². The molecule has 3 unspecified atom stereocenters. The van der Waals surface area contributed by atoms with Crippen LogP contribution < -0.4 is 0 Å². The van der Waals surface area contributed by atoms with Crippen LogP contribution in [0.3, 0.4) is 0 Å². The summed E-state index contributed by atoms with van der Waals surface area (Å²) in [6.45, 7) is 6.49. The zero-order valence-corrected chi connectivity index (χ0v) is 14.1. The molecule has 1 aliphatic carbocycles. The molecule has 1 aliphatic rings. The van der Waals surface area contributed by atoms with Gasteiger partial charge in [-0.15, -0.1) is 0 Å². The molecule has 0 saturated heterocycles. The molecule has 0 aliphatic heterocycles. The molecular formula is C17H24BrFO. The lowest BCUT2D eigenvalue weighted by molar-refractivity contribution is -0.0799. The van der Waals surface area contributed by atoms with Crippen molar-refractivity contribution in [1.29, 1.82) is 0 Å². The van der Waals surface area contributed by atoms with Gasteiger partial charge in [0.1, 0.15) is 5.82 Å². The quantitative estimate of drug-likeness (QED) is 0.823. The van der Waals surface area contributed by atoms with Crippen LogP contribution in [-0.4, -0.2) is 10.7 Å². The Bertz CT molecular complexity index is 474. The van der Waals surface area contributed by atoms with Crippen LogP contribution in [-0.2, 0) is 6.42 Å². The van der Waals surface area contributed by atoms with Crippen molar-refractivity contribution in [2.45, 2.75) is 52.1 Å². The molecule has 2 rings (SSSR count). The average Bonchev–Trinajstić information content (AvgIpc) is 2.32. The lowest BCUT2D eigenvalue weighted by Gasteiger charge is -2.45. The van der Waals surface area contributed by atoms with E-state index in [0.29, 0.717) is 23.8 Å². The summed E-state index contributed by atoms with van der Waals surface area (Å²) in [6.07, 6.45) is 3.37. The van der Waals surface area contributed by atoms with E-state index in [2.05, 4.69) is 36.7 Å². The molecule has 1 nitrogen and oxygen atoms in total.